The number of nitrogens with one attached hydrogen (secondary N) is 1. The summed E-state index contributed by atoms with van der Waals surface area (Å²) >= 11 is 0. The van der Waals surface area contributed by atoms with E-state index in [1.54, 1.807) is 0 Å². The maximum atomic E-state index is 11.4. The van der Waals surface area contributed by atoms with Crippen molar-refractivity contribution in [1.82, 2.24) is 10.2 Å². The fourth-order valence-corrected chi connectivity index (χ4v) is 1.47. The first-order chi connectivity index (χ1) is 7.05. The Balaban J connectivity index is 2.03. The lowest BCUT2D eigenvalue weighted by Gasteiger charge is -2.31. The summed E-state index contributed by atoms with van der Waals surface area (Å²) in [5, 5.41) is 11.9. The maximum absolute atomic E-state index is 11.4. The second-order valence-electron chi connectivity index (χ2n) is 5.00. The number of nitrogens with zero attached hydrogens (tertiary/aromatic N) is 1. The van der Waals surface area contributed by atoms with E-state index < -0.39 is 0 Å². The zero-order valence-electron chi connectivity index (χ0n) is 9.75. The highest BCUT2D eigenvalue weighted by atomic mass is 16.3. The molecule has 1 heterocycles. The van der Waals surface area contributed by atoms with Gasteiger partial charge < -0.3 is 15.3 Å². The first-order valence-corrected chi connectivity index (χ1v) is 5.69. The Hall–Kier alpha value is -0.770. The van der Waals surface area contributed by atoms with Crippen LogP contribution in [0.5, 0.6) is 0 Å². The molecular weight excluding hydrogens is 192 g/mol. The quantitative estimate of drug-likeness (QED) is 0.676. The van der Waals surface area contributed by atoms with Gasteiger partial charge in [0.1, 0.15) is 0 Å². The number of urea groups is 1. The number of hydrogen-bond acceptors (Lipinski definition) is 2. The molecule has 15 heavy (non-hydrogen) atoms. The lowest BCUT2D eigenvalue weighted by molar-refractivity contribution is 0.146. The average molecular weight is 214 g/mol. The highest BCUT2D eigenvalue weighted by molar-refractivity contribution is 5.74. The molecular formula is C11H22N2O2. The van der Waals surface area contributed by atoms with Crippen molar-refractivity contribution in [1.29, 1.82) is 0 Å². The first kappa shape index (κ1) is 12.3. The molecule has 88 valence electrons. The molecule has 0 bridgehead atoms. The lowest BCUT2D eigenvalue weighted by Crippen LogP contribution is -2.48. The van der Waals surface area contributed by atoms with Crippen LogP contribution < -0.4 is 5.32 Å². The Labute approximate surface area is 91.6 Å². The zero-order chi connectivity index (χ0) is 11.3. The predicted molar refractivity (Wildman–Crippen MR) is 59.7 cm³/mol. The monoisotopic (exact) mass is 214 g/mol. The summed E-state index contributed by atoms with van der Waals surface area (Å²) in [6.07, 6.45) is 2.99. The van der Waals surface area contributed by atoms with Gasteiger partial charge in [0.2, 0.25) is 0 Å². The van der Waals surface area contributed by atoms with Crippen molar-refractivity contribution in [2.45, 2.75) is 33.1 Å². The van der Waals surface area contributed by atoms with Crippen molar-refractivity contribution < 1.29 is 9.90 Å². The summed E-state index contributed by atoms with van der Waals surface area (Å²) in [6, 6.07) is 0.0584. The number of aliphatic hydroxyl groups excluding tert-OH is 1. The number of amides is 2. The molecule has 1 aliphatic rings. The molecule has 2 N–H and O–H groups in total. The molecule has 0 saturated carbocycles. The van der Waals surface area contributed by atoms with Crippen LogP contribution in [0.25, 0.3) is 0 Å². The average Bonchev–Trinajstić information content (AvgIpc) is 2.10. The van der Waals surface area contributed by atoms with Crippen LogP contribution in [0.4, 0.5) is 4.79 Å². The fourth-order valence-electron chi connectivity index (χ4n) is 1.47. The van der Waals surface area contributed by atoms with E-state index in [2.05, 4.69) is 5.32 Å². The van der Waals surface area contributed by atoms with Gasteiger partial charge in [-0.2, -0.15) is 0 Å². The summed E-state index contributed by atoms with van der Waals surface area (Å²) in [5.41, 5.74) is -0.0263. The third-order valence-corrected chi connectivity index (χ3v) is 2.88. The van der Waals surface area contributed by atoms with E-state index in [1.165, 1.54) is 0 Å². The molecule has 1 saturated heterocycles. The molecule has 0 unspecified atom stereocenters. The Morgan fingerprint density at radius 1 is 1.47 bits per heavy atom. The van der Waals surface area contributed by atoms with E-state index in [-0.39, 0.29) is 18.1 Å². The van der Waals surface area contributed by atoms with E-state index >= 15 is 0 Å². The van der Waals surface area contributed by atoms with Gasteiger partial charge in [0, 0.05) is 26.2 Å². The van der Waals surface area contributed by atoms with Gasteiger partial charge in [-0.25, -0.2) is 4.79 Å². The molecule has 0 aliphatic carbocycles. The number of likely N-dealkylation sites (tertiary alicyclic amines) is 1. The van der Waals surface area contributed by atoms with Gasteiger partial charge >= 0.3 is 6.03 Å². The maximum Gasteiger partial charge on any atom is 0.317 e. The van der Waals surface area contributed by atoms with Crippen LogP contribution in [0, 0.1) is 5.41 Å². The molecule has 1 aliphatic heterocycles. The van der Waals surface area contributed by atoms with Crippen LogP contribution in [-0.4, -0.2) is 42.3 Å². The van der Waals surface area contributed by atoms with Gasteiger partial charge in [0.15, 0.2) is 0 Å². The minimum absolute atomic E-state index is 0.0263. The van der Waals surface area contributed by atoms with Crippen molar-refractivity contribution in [2.24, 2.45) is 5.41 Å². The second-order valence-corrected chi connectivity index (χ2v) is 5.00. The summed E-state index contributed by atoms with van der Waals surface area (Å²) in [7, 11) is 0. The number of carbonyl (C=O) groups excluding carboxylic acids is 1. The largest absolute Gasteiger partial charge is 0.396 e. The van der Waals surface area contributed by atoms with E-state index in [0.29, 0.717) is 6.54 Å². The van der Waals surface area contributed by atoms with Gasteiger partial charge in [-0.3, -0.25) is 0 Å². The summed E-state index contributed by atoms with van der Waals surface area (Å²) in [4.78, 5) is 13.2. The standard InChI is InChI=1S/C11H22N2O2/c1-11(2,9-14)5-3-6-12-10(15)13-7-4-8-13/h14H,3-9H2,1-2H3,(H,12,15). The van der Waals surface area contributed by atoms with Crippen LogP contribution >= 0.6 is 0 Å². The Morgan fingerprint density at radius 2 is 2.13 bits per heavy atom. The summed E-state index contributed by atoms with van der Waals surface area (Å²) < 4.78 is 0. The fraction of sp³-hybridized carbons (Fsp3) is 0.909. The van der Waals surface area contributed by atoms with E-state index in [9.17, 15) is 4.79 Å². The van der Waals surface area contributed by atoms with Gasteiger partial charge in [-0.1, -0.05) is 13.8 Å². The SMILES string of the molecule is CC(C)(CO)CCCNC(=O)N1CCC1. The smallest absolute Gasteiger partial charge is 0.317 e. The zero-order valence-corrected chi connectivity index (χ0v) is 9.75. The lowest BCUT2D eigenvalue weighted by atomic mass is 9.89. The van der Waals surface area contributed by atoms with Gasteiger partial charge in [-0.05, 0) is 24.7 Å². The number of carbonyl (C=O) groups is 1. The van der Waals surface area contributed by atoms with E-state index in [0.717, 1.165) is 32.4 Å². The molecule has 0 radical (unpaired) electrons. The Kier molecular flexibility index (Phi) is 4.39. The normalized spacial score (nSPS) is 16.1. The number of hydrogen-bond donors (Lipinski definition) is 2. The highest BCUT2D eigenvalue weighted by Crippen LogP contribution is 2.20. The molecule has 0 aromatic heterocycles. The molecule has 2 amide bonds. The van der Waals surface area contributed by atoms with Crippen LogP contribution in [0.1, 0.15) is 33.1 Å². The van der Waals surface area contributed by atoms with E-state index in [1.807, 2.05) is 18.7 Å². The number of rotatable bonds is 5. The topological polar surface area (TPSA) is 52.6 Å². The minimum atomic E-state index is -0.0263. The van der Waals surface area contributed by atoms with Crippen LogP contribution in [-0.2, 0) is 0 Å². The Bertz CT molecular complexity index is 213. The first-order valence-electron chi connectivity index (χ1n) is 5.69. The summed E-state index contributed by atoms with van der Waals surface area (Å²) in [6.45, 7) is 6.77. The van der Waals surface area contributed by atoms with Crippen molar-refractivity contribution in [3.05, 3.63) is 0 Å². The molecule has 1 fully saturated rings. The van der Waals surface area contributed by atoms with Crippen molar-refractivity contribution in [3.63, 3.8) is 0 Å². The predicted octanol–water partition coefficient (Wildman–Crippen LogP) is 1.20. The van der Waals surface area contributed by atoms with Crippen molar-refractivity contribution in [2.75, 3.05) is 26.2 Å². The van der Waals surface area contributed by atoms with Crippen molar-refractivity contribution in [3.8, 4) is 0 Å². The van der Waals surface area contributed by atoms with Crippen LogP contribution in [0.2, 0.25) is 0 Å². The Morgan fingerprint density at radius 3 is 2.60 bits per heavy atom. The van der Waals surface area contributed by atoms with Gasteiger partial charge in [0.05, 0.1) is 0 Å². The van der Waals surface area contributed by atoms with Gasteiger partial charge in [0.25, 0.3) is 0 Å². The molecule has 0 aromatic carbocycles. The summed E-state index contributed by atoms with van der Waals surface area (Å²) in [5.74, 6) is 0. The molecule has 4 nitrogen and oxygen atoms in total. The van der Waals surface area contributed by atoms with Crippen LogP contribution in [0.15, 0.2) is 0 Å². The third-order valence-electron chi connectivity index (χ3n) is 2.88. The molecule has 0 spiro atoms. The second kappa shape index (κ2) is 5.35. The molecule has 0 aromatic rings. The van der Waals surface area contributed by atoms with Crippen LogP contribution in [0.3, 0.4) is 0 Å². The van der Waals surface area contributed by atoms with Crippen molar-refractivity contribution >= 4 is 6.03 Å². The third kappa shape index (κ3) is 4.08. The molecule has 0 atom stereocenters. The molecule has 4 heteroatoms. The van der Waals surface area contributed by atoms with E-state index in [4.69, 9.17) is 5.11 Å². The minimum Gasteiger partial charge on any atom is -0.396 e. The molecule has 1 rings (SSSR count). The highest BCUT2D eigenvalue weighted by Gasteiger charge is 2.20. The van der Waals surface area contributed by atoms with Gasteiger partial charge in [-0.15, -0.1) is 0 Å². The number of aliphatic hydroxyl groups is 1.